The normalized spacial score (nSPS) is 12.8. The van der Waals surface area contributed by atoms with Crippen LogP contribution in [0.25, 0.3) is 0 Å². The zero-order valence-corrected chi connectivity index (χ0v) is 23.4. The second kappa shape index (κ2) is 13.2. The Morgan fingerprint density at radius 3 is 2.32 bits per heavy atom. The standard InChI is InChI=1S/C26H36N4O7S/c1-7-19(4)27-26(32)22(8-2)28(16-20-12-10-9-11-18(20)3)25(31)17-29(38(6,35)36)23-15-21(30(33)34)13-14-24(23)37-5/h9-15,19,22H,7-8,16-17H2,1-6H3,(H,27,32)/t19-,22+/m1/s1. The van der Waals surface area contributed by atoms with Crippen LogP contribution in [0, 0.1) is 17.0 Å². The van der Waals surface area contributed by atoms with Gasteiger partial charge in [0, 0.05) is 24.7 Å². The summed E-state index contributed by atoms with van der Waals surface area (Å²) in [6, 6.07) is 9.92. The average Bonchev–Trinajstić information content (AvgIpc) is 2.86. The summed E-state index contributed by atoms with van der Waals surface area (Å²) in [4.78, 5) is 39.1. The van der Waals surface area contributed by atoms with Crippen molar-refractivity contribution < 1.29 is 27.7 Å². The molecule has 0 spiro atoms. The molecule has 0 aliphatic carbocycles. The van der Waals surface area contributed by atoms with Crippen LogP contribution in [-0.2, 0) is 26.2 Å². The number of hydrogen-bond acceptors (Lipinski definition) is 7. The van der Waals surface area contributed by atoms with Gasteiger partial charge < -0.3 is 15.0 Å². The maximum atomic E-state index is 13.8. The Balaban J connectivity index is 2.58. The van der Waals surface area contributed by atoms with E-state index in [1.807, 2.05) is 45.0 Å². The molecule has 2 aromatic carbocycles. The number of aryl methyl sites for hydroxylation is 1. The fourth-order valence-electron chi connectivity index (χ4n) is 3.91. The number of hydrogen-bond donors (Lipinski definition) is 1. The summed E-state index contributed by atoms with van der Waals surface area (Å²) in [6.45, 7) is 6.83. The van der Waals surface area contributed by atoms with Gasteiger partial charge >= 0.3 is 0 Å². The van der Waals surface area contributed by atoms with Crippen molar-refractivity contribution in [3.8, 4) is 5.75 Å². The van der Waals surface area contributed by atoms with E-state index in [0.717, 1.165) is 27.8 Å². The number of nitro groups is 1. The first-order chi connectivity index (χ1) is 17.8. The second-order valence-electron chi connectivity index (χ2n) is 9.07. The lowest BCUT2D eigenvalue weighted by molar-refractivity contribution is -0.384. The van der Waals surface area contributed by atoms with Crippen LogP contribution < -0.4 is 14.4 Å². The summed E-state index contributed by atoms with van der Waals surface area (Å²) in [5.74, 6) is -0.943. The number of amides is 2. The van der Waals surface area contributed by atoms with Gasteiger partial charge in [-0.3, -0.25) is 24.0 Å². The van der Waals surface area contributed by atoms with Crippen LogP contribution in [-0.4, -0.2) is 62.0 Å². The molecule has 38 heavy (non-hydrogen) atoms. The van der Waals surface area contributed by atoms with Crippen molar-refractivity contribution in [3.63, 3.8) is 0 Å². The Hall–Kier alpha value is -3.67. The number of nitro benzene ring substituents is 1. The fraction of sp³-hybridized carbons (Fsp3) is 0.462. The predicted molar refractivity (Wildman–Crippen MR) is 146 cm³/mol. The third-order valence-electron chi connectivity index (χ3n) is 6.31. The van der Waals surface area contributed by atoms with E-state index < -0.39 is 33.4 Å². The Bertz CT molecular complexity index is 1270. The second-order valence-corrected chi connectivity index (χ2v) is 11.0. The fourth-order valence-corrected chi connectivity index (χ4v) is 4.76. The van der Waals surface area contributed by atoms with Crippen molar-refractivity contribution in [1.29, 1.82) is 0 Å². The van der Waals surface area contributed by atoms with Gasteiger partial charge in [-0.15, -0.1) is 0 Å². The maximum Gasteiger partial charge on any atom is 0.271 e. The minimum atomic E-state index is -4.10. The van der Waals surface area contributed by atoms with E-state index in [9.17, 15) is 28.1 Å². The highest BCUT2D eigenvalue weighted by Gasteiger charge is 2.33. The number of anilines is 1. The van der Waals surface area contributed by atoms with Crippen LogP contribution in [0.5, 0.6) is 5.75 Å². The monoisotopic (exact) mass is 548 g/mol. The first-order valence-electron chi connectivity index (χ1n) is 12.3. The Labute approximate surface area is 224 Å². The van der Waals surface area contributed by atoms with E-state index in [1.165, 1.54) is 24.1 Å². The van der Waals surface area contributed by atoms with Crippen molar-refractivity contribution in [2.24, 2.45) is 0 Å². The Morgan fingerprint density at radius 2 is 1.79 bits per heavy atom. The van der Waals surface area contributed by atoms with E-state index in [0.29, 0.717) is 12.8 Å². The average molecular weight is 549 g/mol. The smallest absolute Gasteiger partial charge is 0.271 e. The number of benzene rings is 2. The summed E-state index contributed by atoms with van der Waals surface area (Å²) in [5.41, 5.74) is 1.20. The van der Waals surface area contributed by atoms with Gasteiger partial charge in [-0.25, -0.2) is 8.42 Å². The molecule has 2 atom stereocenters. The molecule has 0 aliphatic heterocycles. The zero-order valence-electron chi connectivity index (χ0n) is 22.6. The number of non-ortho nitro benzene ring substituents is 1. The summed E-state index contributed by atoms with van der Waals surface area (Å²) in [7, 11) is -2.80. The molecule has 0 unspecified atom stereocenters. The van der Waals surface area contributed by atoms with Crippen molar-refractivity contribution in [1.82, 2.24) is 10.2 Å². The lowest BCUT2D eigenvalue weighted by atomic mass is 10.1. The lowest BCUT2D eigenvalue weighted by Crippen LogP contribution is -2.53. The van der Waals surface area contributed by atoms with Gasteiger partial charge in [0.25, 0.3) is 5.69 Å². The quantitative estimate of drug-likeness (QED) is 0.299. The molecule has 11 nitrogen and oxygen atoms in total. The van der Waals surface area contributed by atoms with Crippen LogP contribution in [0.15, 0.2) is 42.5 Å². The molecule has 0 heterocycles. The van der Waals surface area contributed by atoms with Gasteiger partial charge in [-0.05, 0) is 43.9 Å². The number of rotatable bonds is 13. The molecule has 0 radical (unpaired) electrons. The molecule has 1 N–H and O–H groups in total. The van der Waals surface area contributed by atoms with E-state index in [1.54, 1.807) is 6.92 Å². The van der Waals surface area contributed by atoms with Crippen molar-refractivity contribution >= 4 is 33.2 Å². The van der Waals surface area contributed by atoms with Gasteiger partial charge in [0.2, 0.25) is 21.8 Å². The SMILES string of the molecule is CC[C@@H](C)NC(=O)[C@H](CC)N(Cc1ccccc1C)C(=O)CN(c1cc([N+](=O)[O-])ccc1OC)S(C)(=O)=O. The number of carbonyl (C=O) groups is 2. The molecule has 0 aliphatic rings. The molecule has 0 fully saturated rings. The number of ether oxygens (including phenoxy) is 1. The molecule has 2 aromatic rings. The van der Waals surface area contributed by atoms with Crippen molar-refractivity contribution in [2.75, 3.05) is 24.2 Å². The van der Waals surface area contributed by atoms with Gasteiger partial charge in [-0.2, -0.15) is 0 Å². The highest BCUT2D eigenvalue weighted by atomic mass is 32.2. The summed E-state index contributed by atoms with van der Waals surface area (Å²) < 4.78 is 31.7. The van der Waals surface area contributed by atoms with Crippen molar-refractivity contribution in [3.05, 3.63) is 63.7 Å². The topological polar surface area (TPSA) is 139 Å². The number of carbonyl (C=O) groups excluding carboxylic acids is 2. The van der Waals surface area contributed by atoms with Crippen molar-refractivity contribution in [2.45, 2.75) is 59.2 Å². The molecule has 0 aromatic heterocycles. The highest BCUT2D eigenvalue weighted by Crippen LogP contribution is 2.34. The molecule has 2 amide bonds. The molecular weight excluding hydrogens is 512 g/mol. The minimum absolute atomic E-state index is 0.0424. The highest BCUT2D eigenvalue weighted by molar-refractivity contribution is 7.92. The number of nitrogens with one attached hydrogen (secondary N) is 1. The number of nitrogens with zero attached hydrogens (tertiary/aromatic N) is 3. The van der Waals surface area contributed by atoms with E-state index in [4.69, 9.17) is 4.74 Å². The van der Waals surface area contributed by atoms with Gasteiger partial charge in [0.1, 0.15) is 24.0 Å². The lowest BCUT2D eigenvalue weighted by Gasteiger charge is -2.34. The molecule has 2 rings (SSSR count). The van der Waals surface area contributed by atoms with E-state index in [-0.39, 0.29) is 35.6 Å². The van der Waals surface area contributed by atoms with Gasteiger partial charge in [-0.1, -0.05) is 38.1 Å². The van der Waals surface area contributed by atoms with E-state index >= 15 is 0 Å². The third kappa shape index (κ3) is 7.67. The number of sulfonamides is 1. The van der Waals surface area contributed by atoms with Crippen LogP contribution in [0.4, 0.5) is 11.4 Å². The first-order valence-corrected chi connectivity index (χ1v) is 14.1. The Kier molecular flexibility index (Phi) is 10.6. The number of methoxy groups -OCH3 is 1. The minimum Gasteiger partial charge on any atom is -0.495 e. The van der Waals surface area contributed by atoms with Crippen LogP contribution >= 0.6 is 0 Å². The summed E-state index contributed by atoms with van der Waals surface area (Å²) in [5, 5.41) is 14.3. The summed E-state index contributed by atoms with van der Waals surface area (Å²) in [6.07, 6.45) is 1.89. The van der Waals surface area contributed by atoms with Crippen LogP contribution in [0.3, 0.4) is 0 Å². The van der Waals surface area contributed by atoms with Gasteiger partial charge in [0.05, 0.1) is 18.3 Å². The molecule has 0 bridgehead atoms. The third-order valence-corrected chi connectivity index (χ3v) is 7.44. The van der Waals surface area contributed by atoms with E-state index in [2.05, 4.69) is 5.32 Å². The van der Waals surface area contributed by atoms with Crippen LogP contribution in [0.2, 0.25) is 0 Å². The largest absolute Gasteiger partial charge is 0.495 e. The zero-order chi connectivity index (χ0) is 28.6. The first kappa shape index (κ1) is 30.6. The summed E-state index contributed by atoms with van der Waals surface area (Å²) >= 11 is 0. The molecule has 208 valence electrons. The molecule has 12 heteroatoms. The molecule has 0 saturated heterocycles. The maximum absolute atomic E-state index is 13.8. The van der Waals surface area contributed by atoms with Gasteiger partial charge in [0.15, 0.2) is 0 Å². The molecule has 0 saturated carbocycles. The van der Waals surface area contributed by atoms with Crippen LogP contribution in [0.1, 0.15) is 44.7 Å². The predicted octanol–water partition coefficient (Wildman–Crippen LogP) is 3.40. The Morgan fingerprint density at radius 1 is 1.13 bits per heavy atom. The molecular formula is C26H36N4O7S.